The van der Waals surface area contributed by atoms with Crippen LogP contribution in [0.4, 0.5) is 0 Å². The minimum atomic E-state index is -0.0275. The second-order valence-corrected chi connectivity index (χ2v) is 4.42. The number of hydrogen-bond donors (Lipinski definition) is 2. The maximum absolute atomic E-state index is 11.9. The second kappa shape index (κ2) is 5.49. The lowest BCUT2D eigenvalue weighted by Gasteiger charge is -2.12. The molecule has 4 heteroatoms. The van der Waals surface area contributed by atoms with E-state index in [0.717, 1.165) is 16.7 Å². The number of aromatic nitrogens is 2. The fourth-order valence-corrected chi connectivity index (χ4v) is 1.85. The third-order valence-electron chi connectivity index (χ3n) is 3.01. The fourth-order valence-electron chi connectivity index (χ4n) is 1.85. The number of aryl methyl sites for hydroxylation is 1. The molecule has 1 aromatic heterocycles. The summed E-state index contributed by atoms with van der Waals surface area (Å²) in [6.07, 6.45) is 3.92. The number of carbonyl (C=O) groups excluding carboxylic acids is 1. The molecule has 4 nitrogen and oxygen atoms in total. The van der Waals surface area contributed by atoms with E-state index < -0.39 is 0 Å². The van der Waals surface area contributed by atoms with Gasteiger partial charge in [-0.05, 0) is 25.0 Å². The lowest BCUT2D eigenvalue weighted by molar-refractivity contribution is -0.121. The van der Waals surface area contributed by atoms with Gasteiger partial charge in [-0.3, -0.25) is 9.89 Å². The largest absolute Gasteiger partial charge is 0.349 e. The van der Waals surface area contributed by atoms with Crippen LogP contribution in [0.2, 0.25) is 0 Å². The van der Waals surface area contributed by atoms with Crippen LogP contribution >= 0.6 is 0 Å². The van der Waals surface area contributed by atoms with Crippen molar-refractivity contribution in [2.24, 2.45) is 0 Å². The van der Waals surface area contributed by atoms with E-state index in [2.05, 4.69) is 15.5 Å². The number of rotatable bonds is 4. The first-order chi connectivity index (χ1) is 8.66. The molecule has 1 heterocycles. The summed E-state index contributed by atoms with van der Waals surface area (Å²) in [5.74, 6) is 0.0259. The average Bonchev–Trinajstić information content (AvgIpc) is 2.85. The first-order valence-electron chi connectivity index (χ1n) is 5.99. The predicted octanol–water partition coefficient (Wildman–Crippen LogP) is 2.14. The Bertz CT molecular complexity index is 520. The summed E-state index contributed by atoms with van der Waals surface area (Å²) in [5, 5.41) is 9.57. The SMILES string of the molecule is Cc1ccccc1CC(=O)NC(C)c1cn[nH]c1. The molecule has 1 atom stereocenters. The topological polar surface area (TPSA) is 57.8 Å². The molecule has 2 aromatic rings. The van der Waals surface area contributed by atoms with Crippen molar-refractivity contribution in [3.63, 3.8) is 0 Å². The summed E-state index contributed by atoms with van der Waals surface area (Å²) in [6, 6.07) is 7.90. The van der Waals surface area contributed by atoms with Crippen molar-refractivity contribution < 1.29 is 4.79 Å². The van der Waals surface area contributed by atoms with Crippen molar-refractivity contribution in [3.8, 4) is 0 Å². The van der Waals surface area contributed by atoms with E-state index in [4.69, 9.17) is 0 Å². The molecular formula is C14H17N3O. The molecule has 0 saturated heterocycles. The Kier molecular flexibility index (Phi) is 3.77. The first-order valence-corrected chi connectivity index (χ1v) is 5.99. The number of hydrogen-bond acceptors (Lipinski definition) is 2. The van der Waals surface area contributed by atoms with Gasteiger partial charge in [0, 0.05) is 11.8 Å². The fraction of sp³-hybridized carbons (Fsp3) is 0.286. The van der Waals surface area contributed by atoms with Crippen molar-refractivity contribution in [2.45, 2.75) is 26.3 Å². The first kappa shape index (κ1) is 12.4. The van der Waals surface area contributed by atoms with E-state index in [9.17, 15) is 4.79 Å². The number of nitrogens with zero attached hydrogens (tertiary/aromatic N) is 1. The zero-order valence-corrected chi connectivity index (χ0v) is 10.6. The van der Waals surface area contributed by atoms with Crippen LogP contribution in [0.15, 0.2) is 36.7 Å². The van der Waals surface area contributed by atoms with Gasteiger partial charge in [-0.1, -0.05) is 24.3 Å². The molecule has 0 saturated carbocycles. The zero-order valence-electron chi connectivity index (χ0n) is 10.6. The second-order valence-electron chi connectivity index (χ2n) is 4.42. The van der Waals surface area contributed by atoms with Gasteiger partial charge in [0.25, 0.3) is 0 Å². The summed E-state index contributed by atoms with van der Waals surface area (Å²) in [6.45, 7) is 3.96. The van der Waals surface area contributed by atoms with Crippen LogP contribution in [0.1, 0.15) is 29.7 Å². The molecule has 0 aliphatic carbocycles. The van der Waals surface area contributed by atoms with Crippen LogP contribution in [0.3, 0.4) is 0 Å². The Morgan fingerprint density at radius 1 is 1.44 bits per heavy atom. The molecule has 1 amide bonds. The number of amides is 1. The number of aromatic amines is 1. The molecule has 0 spiro atoms. The Morgan fingerprint density at radius 2 is 2.22 bits per heavy atom. The molecule has 0 fully saturated rings. The van der Waals surface area contributed by atoms with Gasteiger partial charge < -0.3 is 5.32 Å². The minimum absolute atomic E-state index is 0.0259. The predicted molar refractivity (Wildman–Crippen MR) is 70.0 cm³/mol. The maximum atomic E-state index is 11.9. The highest BCUT2D eigenvalue weighted by atomic mass is 16.1. The molecule has 2 N–H and O–H groups in total. The quantitative estimate of drug-likeness (QED) is 0.864. The molecule has 1 unspecified atom stereocenters. The van der Waals surface area contributed by atoms with E-state index in [-0.39, 0.29) is 11.9 Å². The standard InChI is InChI=1S/C14H17N3O/c1-10-5-3-4-6-12(10)7-14(18)17-11(2)13-8-15-16-9-13/h3-6,8-9,11H,7H2,1-2H3,(H,15,16)(H,17,18). The van der Waals surface area contributed by atoms with E-state index in [1.54, 1.807) is 12.4 Å². The molecule has 0 bridgehead atoms. The smallest absolute Gasteiger partial charge is 0.224 e. The highest BCUT2D eigenvalue weighted by Gasteiger charge is 2.11. The lowest BCUT2D eigenvalue weighted by atomic mass is 10.1. The normalized spacial score (nSPS) is 12.1. The summed E-state index contributed by atoms with van der Waals surface area (Å²) in [4.78, 5) is 11.9. The average molecular weight is 243 g/mol. The van der Waals surface area contributed by atoms with Gasteiger partial charge in [0.1, 0.15) is 0 Å². The van der Waals surface area contributed by atoms with Crippen molar-refractivity contribution in [3.05, 3.63) is 53.3 Å². The Morgan fingerprint density at radius 3 is 2.89 bits per heavy atom. The van der Waals surface area contributed by atoms with Crippen LogP contribution in [0.25, 0.3) is 0 Å². The van der Waals surface area contributed by atoms with Crippen LogP contribution in [-0.4, -0.2) is 16.1 Å². The summed E-state index contributed by atoms with van der Waals surface area (Å²) >= 11 is 0. The lowest BCUT2D eigenvalue weighted by Crippen LogP contribution is -2.28. The van der Waals surface area contributed by atoms with Crippen LogP contribution in [0.5, 0.6) is 0 Å². The van der Waals surface area contributed by atoms with Crippen molar-refractivity contribution in [2.75, 3.05) is 0 Å². The highest BCUT2D eigenvalue weighted by molar-refractivity contribution is 5.79. The summed E-state index contributed by atoms with van der Waals surface area (Å²) < 4.78 is 0. The third-order valence-corrected chi connectivity index (χ3v) is 3.01. The Balaban J connectivity index is 1.95. The van der Waals surface area contributed by atoms with E-state index in [1.807, 2.05) is 38.1 Å². The third kappa shape index (κ3) is 2.97. The molecule has 0 aliphatic rings. The van der Waals surface area contributed by atoms with E-state index in [1.165, 1.54) is 0 Å². The van der Waals surface area contributed by atoms with Gasteiger partial charge in [0.05, 0.1) is 18.7 Å². The van der Waals surface area contributed by atoms with Crippen molar-refractivity contribution in [1.82, 2.24) is 15.5 Å². The number of H-pyrrole nitrogens is 1. The Hall–Kier alpha value is -2.10. The minimum Gasteiger partial charge on any atom is -0.349 e. The molecule has 0 aliphatic heterocycles. The van der Waals surface area contributed by atoms with Crippen LogP contribution < -0.4 is 5.32 Å². The Labute approximate surface area is 106 Å². The highest BCUT2D eigenvalue weighted by Crippen LogP contribution is 2.11. The van der Waals surface area contributed by atoms with Crippen LogP contribution in [0, 0.1) is 6.92 Å². The van der Waals surface area contributed by atoms with Crippen molar-refractivity contribution >= 4 is 5.91 Å². The molecular weight excluding hydrogens is 226 g/mol. The van der Waals surface area contributed by atoms with Gasteiger partial charge in [-0.2, -0.15) is 5.10 Å². The number of nitrogens with one attached hydrogen (secondary N) is 2. The molecule has 94 valence electrons. The van der Waals surface area contributed by atoms with Gasteiger partial charge >= 0.3 is 0 Å². The van der Waals surface area contributed by atoms with Crippen LogP contribution in [-0.2, 0) is 11.2 Å². The molecule has 1 aromatic carbocycles. The zero-order chi connectivity index (χ0) is 13.0. The molecule has 0 radical (unpaired) electrons. The van der Waals surface area contributed by atoms with Gasteiger partial charge in [0.2, 0.25) is 5.91 Å². The number of benzene rings is 1. The van der Waals surface area contributed by atoms with E-state index >= 15 is 0 Å². The molecule has 18 heavy (non-hydrogen) atoms. The van der Waals surface area contributed by atoms with E-state index in [0.29, 0.717) is 6.42 Å². The van der Waals surface area contributed by atoms with Gasteiger partial charge in [0.15, 0.2) is 0 Å². The van der Waals surface area contributed by atoms with Crippen molar-refractivity contribution in [1.29, 1.82) is 0 Å². The summed E-state index contributed by atoms with van der Waals surface area (Å²) in [5.41, 5.74) is 3.19. The molecule has 2 rings (SSSR count). The number of carbonyl (C=O) groups is 1. The monoisotopic (exact) mass is 243 g/mol. The van der Waals surface area contributed by atoms with Gasteiger partial charge in [-0.25, -0.2) is 0 Å². The van der Waals surface area contributed by atoms with Gasteiger partial charge in [-0.15, -0.1) is 0 Å². The maximum Gasteiger partial charge on any atom is 0.224 e. The summed E-state index contributed by atoms with van der Waals surface area (Å²) in [7, 11) is 0.